The predicted molar refractivity (Wildman–Crippen MR) is 80.0 cm³/mol. The fourth-order valence-corrected chi connectivity index (χ4v) is 2.27. The molecule has 0 aliphatic heterocycles. The molecule has 0 radical (unpaired) electrons. The molecular formula is C16H16N2O2. The highest BCUT2D eigenvalue weighted by atomic mass is 16.4. The largest absolute Gasteiger partial charge is 0.478 e. The van der Waals surface area contributed by atoms with E-state index in [0.717, 1.165) is 17.3 Å². The maximum Gasteiger partial charge on any atom is 0.339 e. The summed E-state index contributed by atoms with van der Waals surface area (Å²) in [6.45, 7) is 3.12. The summed E-state index contributed by atoms with van der Waals surface area (Å²) in [6.07, 6.45) is 7.70. The van der Waals surface area contributed by atoms with Gasteiger partial charge in [0.25, 0.3) is 0 Å². The molecule has 2 rings (SSSR count). The van der Waals surface area contributed by atoms with Gasteiger partial charge >= 0.3 is 5.97 Å². The number of aromatic nitrogens is 1. The first-order valence-electron chi connectivity index (χ1n) is 6.48. The van der Waals surface area contributed by atoms with Crippen LogP contribution in [0.15, 0.2) is 30.5 Å². The highest BCUT2D eigenvalue weighted by Gasteiger charge is 2.19. The van der Waals surface area contributed by atoms with Crippen LogP contribution in [0.5, 0.6) is 0 Å². The second-order valence-electron chi connectivity index (χ2n) is 4.47. The lowest BCUT2D eigenvalue weighted by atomic mass is 10.1. The molecule has 102 valence electrons. The van der Waals surface area contributed by atoms with Gasteiger partial charge in [-0.1, -0.05) is 31.0 Å². The quantitative estimate of drug-likeness (QED) is 0.847. The van der Waals surface area contributed by atoms with Crippen molar-refractivity contribution >= 4 is 22.6 Å². The molecule has 1 aromatic heterocycles. The number of carboxylic acid groups (broad SMARTS) is 1. The standard InChI is InChI=1S/C16H16N2O2/c1-3-9-18(10-4-2)15-12-7-5-6-8-14(12)17-11-13(15)16(19)20/h1,5-8,11H,4,9-10H2,2H3,(H,19,20). The molecule has 1 heterocycles. The van der Waals surface area contributed by atoms with Crippen molar-refractivity contribution in [3.05, 3.63) is 36.0 Å². The van der Waals surface area contributed by atoms with Gasteiger partial charge in [0.05, 0.1) is 17.7 Å². The highest BCUT2D eigenvalue weighted by molar-refractivity contribution is 6.04. The minimum atomic E-state index is -0.989. The molecular weight excluding hydrogens is 252 g/mol. The Balaban J connectivity index is 2.71. The number of pyridine rings is 1. The summed E-state index contributed by atoms with van der Waals surface area (Å²) in [6, 6.07) is 7.50. The third kappa shape index (κ3) is 2.57. The van der Waals surface area contributed by atoms with Gasteiger partial charge in [-0.05, 0) is 12.5 Å². The topological polar surface area (TPSA) is 53.4 Å². The molecule has 1 aromatic carbocycles. The van der Waals surface area contributed by atoms with E-state index >= 15 is 0 Å². The van der Waals surface area contributed by atoms with Gasteiger partial charge in [-0.2, -0.15) is 0 Å². The monoisotopic (exact) mass is 268 g/mol. The average molecular weight is 268 g/mol. The van der Waals surface area contributed by atoms with E-state index in [4.69, 9.17) is 6.42 Å². The van der Waals surface area contributed by atoms with Crippen molar-refractivity contribution in [2.24, 2.45) is 0 Å². The van der Waals surface area contributed by atoms with Gasteiger partial charge in [-0.3, -0.25) is 4.98 Å². The Morgan fingerprint density at radius 2 is 2.20 bits per heavy atom. The summed E-state index contributed by atoms with van der Waals surface area (Å²) in [4.78, 5) is 17.6. The number of hydrogen-bond acceptors (Lipinski definition) is 3. The molecule has 1 N–H and O–H groups in total. The second-order valence-corrected chi connectivity index (χ2v) is 4.47. The predicted octanol–water partition coefficient (Wildman–Crippen LogP) is 2.78. The van der Waals surface area contributed by atoms with E-state index in [2.05, 4.69) is 10.9 Å². The van der Waals surface area contributed by atoms with Crippen molar-refractivity contribution in [2.45, 2.75) is 13.3 Å². The van der Waals surface area contributed by atoms with Crippen molar-refractivity contribution < 1.29 is 9.90 Å². The van der Waals surface area contributed by atoms with E-state index in [9.17, 15) is 9.90 Å². The van der Waals surface area contributed by atoms with Crippen LogP contribution < -0.4 is 4.90 Å². The number of para-hydroxylation sites is 1. The Morgan fingerprint density at radius 1 is 1.45 bits per heavy atom. The molecule has 4 nitrogen and oxygen atoms in total. The molecule has 4 heteroatoms. The first kappa shape index (κ1) is 13.9. The first-order valence-corrected chi connectivity index (χ1v) is 6.48. The molecule has 0 amide bonds. The number of carbonyl (C=O) groups is 1. The van der Waals surface area contributed by atoms with Crippen molar-refractivity contribution in [3.63, 3.8) is 0 Å². The van der Waals surface area contributed by atoms with Gasteiger partial charge in [0.15, 0.2) is 0 Å². The Hall–Kier alpha value is -2.54. The number of fused-ring (bicyclic) bond motifs is 1. The summed E-state index contributed by atoms with van der Waals surface area (Å²) in [5, 5.41) is 10.2. The molecule has 2 aromatic rings. The van der Waals surface area contributed by atoms with E-state index in [-0.39, 0.29) is 5.56 Å². The molecule has 0 unspecified atom stereocenters. The van der Waals surface area contributed by atoms with Crippen LogP contribution in [-0.2, 0) is 0 Å². The number of benzene rings is 1. The van der Waals surface area contributed by atoms with Crippen molar-refractivity contribution in [2.75, 3.05) is 18.0 Å². The van der Waals surface area contributed by atoms with E-state index in [1.165, 1.54) is 6.20 Å². The lowest BCUT2D eigenvalue weighted by Crippen LogP contribution is -2.26. The zero-order chi connectivity index (χ0) is 14.5. The normalized spacial score (nSPS) is 10.2. The van der Waals surface area contributed by atoms with Gasteiger partial charge in [0, 0.05) is 18.1 Å². The van der Waals surface area contributed by atoms with Gasteiger partial charge in [-0.15, -0.1) is 6.42 Å². The van der Waals surface area contributed by atoms with E-state index in [1.54, 1.807) is 0 Å². The third-order valence-electron chi connectivity index (χ3n) is 3.07. The van der Waals surface area contributed by atoms with Crippen LogP contribution >= 0.6 is 0 Å². The smallest absolute Gasteiger partial charge is 0.339 e. The molecule has 0 aliphatic carbocycles. The van der Waals surface area contributed by atoms with E-state index < -0.39 is 5.97 Å². The Morgan fingerprint density at radius 3 is 2.85 bits per heavy atom. The number of hydrogen-bond donors (Lipinski definition) is 1. The molecule has 0 saturated heterocycles. The number of terminal acetylenes is 1. The summed E-state index contributed by atoms with van der Waals surface area (Å²) in [5.74, 6) is 1.61. The number of aromatic carboxylic acids is 1. The Labute approximate surface area is 118 Å². The molecule has 0 saturated carbocycles. The fraction of sp³-hybridized carbons (Fsp3) is 0.250. The molecule has 0 bridgehead atoms. The number of rotatable bonds is 5. The fourth-order valence-electron chi connectivity index (χ4n) is 2.27. The molecule has 20 heavy (non-hydrogen) atoms. The third-order valence-corrected chi connectivity index (χ3v) is 3.07. The number of nitrogens with zero attached hydrogens (tertiary/aromatic N) is 2. The summed E-state index contributed by atoms with van der Waals surface area (Å²) < 4.78 is 0. The molecule has 0 spiro atoms. The highest BCUT2D eigenvalue weighted by Crippen LogP contribution is 2.29. The SMILES string of the molecule is C#CCN(CCC)c1c(C(=O)O)cnc2ccccc12. The van der Waals surface area contributed by atoms with Crippen LogP contribution in [0, 0.1) is 12.3 Å². The summed E-state index contributed by atoms with van der Waals surface area (Å²) >= 11 is 0. The van der Waals surface area contributed by atoms with Crippen LogP contribution in [0.4, 0.5) is 5.69 Å². The van der Waals surface area contributed by atoms with Crippen molar-refractivity contribution in [1.82, 2.24) is 4.98 Å². The maximum atomic E-state index is 11.5. The van der Waals surface area contributed by atoms with Crippen LogP contribution in [0.3, 0.4) is 0 Å². The summed E-state index contributed by atoms with van der Waals surface area (Å²) in [7, 11) is 0. The van der Waals surface area contributed by atoms with Crippen molar-refractivity contribution in [1.29, 1.82) is 0 Å². The van der Waals surface area contributed by atoms with Gasteiger partial charge < -0.3 is 10.0 Å². The van der Waals surface area contributed by atoms with E-state index in [0.29, 0.717) is 18.8 Å². The lowest BCUT2D eigenvalue weighted by molar-refractivity contribution is 0.0697. The molecule has 0 atom stereocenters. The van der Waals surface area contributed by atoms with Crippen LogP contribution in [0.25, 0.3) is 10.9 Å². The average Bonchev–Trinajstić information content (AvgIpc) is 2.45. The maximum absolute atomic E-state index is 11.5. The lowest BCUT2D eigenvalue weighted by Gasteiger charge is -2.25. The Kier molecular flexibility index (Phi) is 4.21. The minimum Gasteiger partial charge on any atom is -0.478 e. The Bertz CT molecular complexity index is 674. The van der Waals surface area contributed by atoms with Crippen LogP contribution in [0.2, 0.25) is 0 Å². The number of anilines is 1. The molecule has 0 fully saturated rings. The van der Waals surface area contributed by atoms with Gasteiger partial charge in [-0.25, -0.2) is 4.79 Å². The molecule has 0 aliphatic rings. The minimum absolute atomic E-state index is 0.187. The zero-order valence-corrected chi connectivity index (χ0v) is 11.3. The van der Waals surface area contributed by atoms with E-state index in [1.807, 2.05) is 36.1 Å². The zero-order valence-electron chi connectivity index (χ0n) is 11.3. The van der Waals surface area contributed by atoms with Crippen LogP contribution in [0.1, 0.15) is 23.7 Å². The number of carboxylic acids is 1. The second kappa shape index (κ2) is 6.07. The van der Waals surface area contributed by atoms with Crippen molar-refractivity contribution in [3.8, 4) is 12.3 Å². The van der Waals surface area contributed by atoms with Gasteiger partial charge in [0.1, 0.15) is 5.56 Å². The summed E-state index contributed by atoms with van der Waals surface area (Å²) in [5.41, 5.74) is 1.61. The van der Waals surface area contributed by atoms with Gasteiger partial charge in [0.2, 0.25) is 0 Å². The first-order chi connectivity index (χ1) is 9.69. The van der Waals surface area contributed by atoms with Crippen LogP contribution in [-0.4, -0.2) is 29.1 Å².